The van der Waals surface area contributed by atoms with Crippen molar-refractivity contribution in [3.63, 3.8) is 0 Å². The fourth-order valence-corrected chi connectivity index (χ4v) is 2.27. The number of carbonyl (C=O) groups excluding carboxylic acids is 1. The Balaban J connectivity index is 1.98. The van der Waals surface area contributed by atoms with Gasteiger partial charge in [0.2, 0.25) is 0 Å². The zero-order valence-corrected chi connectivity index (χ0v) is 14.1. The minimum absolute atomic E-state index is 0.119. The number of rotatable bonds is 8. The van der Waals surface area contributed by atoms with Crippen LogP contribution in [0, 0.1) is 12.7 Å². The van der Waals surface area contributed by atoms with Crippen LogP contribution in [0.1, 0.15) is 48.1 Å². The summed E-state index contributed by atoms with van der Waals surface area (Å²) in [4.78, 5) is 20.7. The summed E-state index contributed by atoms with van der Waals surface area (Å²) in [5.41, 5.74) is 0.714. The number of halogens is 1. The van der Waals surface area contributed by atoms with Gasteiger partial charge < -0.3 is 10.6 Å². The Kier molecular flexibility index (Phi) is 6.66. The van der Waals surface area contributed by atoms with Crippen LogP contribution in [0.4, 0.5) is 10.2 Å². The summed E-state index contributed by atoms with van der Waals surface area (Å²) >= 11 is 0. The highest BCUT2D eigenvalue weighted by atomic mass is 19.1. The van der Waals surface area contributed by atoms with Crippen molar-refractivity contribution in [3.05, 3.63) is 53.2 Å². The van der Waals surface area contributed by atoms with E-state index in [0.717, 1.165) is 25.8 Å². The SMILES string of the molecule is CCCCCNc1cc(C(=O)NCc2ccccc2F)nc(C)n1. The van der Waals surface area contributed by atoms with E-state index in [0.29, 0.717) is 17.2 Å². The van der Waals surface area contributed by atoms with E-state index in [1.54, 1.807) is 31.2 Å². The van der Waals surface area contributed by atoms with Crippen molar-refractivity contribution in [1.82, 2.24) is 15.3 Å². The predicted molar refractivity (Wildman–Crippen MR) is 92.4 cm³/mol. The molecule has 0 aliphatic carbocycles. The molecule has 0 unspecified atom stereocenters. The summed E-state index contributed by atoms with van der Waals surface area (Å²) < 4.78 is 13.6. The van der Waals surface area contributed by atoms with Gasteiger partial charge in [-0.2, -0.15) is 0 Å². The minimum Gasteiger partial charge on any atom is -0.370 e. The number of nitrogens with one attached hydrogen (secondary N) is 2. The summed E-state index contributed by atoms with van der Waals surface area (Å²) in [6.07, 6.45) is 3.34. The summed E-state index contributed by atoms with van der Waals surface area (Å²) in [7, 11) is 0. The molecular weight excluding hydrogens is 307 g/mol. The van der Waals surface area contributed by atoms with E-state index in [2.05, 4.69) is 27.5 Å². The molecule has 0 aliphatic rings. The summed E-state index contributed by atoms with van der Waals surface area (Å²) in [5.74, 6) is 0.469. The van der Waals surface area contributed by atoms with Crippen LogP contribution in [0.15, 0.2) is 30.3 Å². The van der Waals surface area contributed by atoms with Gasteiger partial charge in [-0.1, -0.05) is 38.0 Å². The topological polar surface area (TPSA) is 66.9 Å². The van der Waals surface area contributed by atoms with E-state index in [9.17, 15) is 9.18 Å². The molecule has 0 atom stereocenters. The standard InChI is InChI=1S/C18H23FN4O/c1-3-4-7-10-20-17-11-16(22-13(2)23-17)18(24)21-12-14-8-5-6-9-15(14)19/h5-6,8-9,11H,3-4,7,10,12H2,1-2H3,(H,21,24)(H,20,22,23). The van der Waals surface area contributed by atoms with Gasteiger partial charge in [-0.15, -0.1) is 0 Å². The molecule has 0 saturated heterocycles. The molecule has 0 spiro atoms. The average Bonchev–Trinajstić information content (AvgIpc) is 2.57. The first kappa shape index (κ1) is 17.8. The number of amides is 1. The van der Waals surface area contributed by atoms with E-state index < -0.39 is 0 Å². The molecule has 24 heavy (non-hydrogen) atoms. The maximum Gasteiger partial charge on any atom is 0.270 e. The Morgan fingerprint density at radius 3 is 2.75 bits per heavy atom. The van der Waals surface area contributed by atoms with Gasteiger partial charge in [0.1, 0.15) is 23.2 Å². The number of aromatic nitrogens is 2. The zero-order chi connectivity index (χ0) is 17.4. The number of aryl methyl sites for hydroxylation is 1. The van der Waals surface area contributed by atoms with Gasteiger partial charge in [-0.05, 0) is 19.4 Å². The van der Waals surface area contributed by atoms with Crippen LogP contribution in [0.3, 0.4) is 0 Å². The Labute approximate surface area is 141 Å². The van der Waals surface area contributed by atoms with Crippen LogP contribution >= 0.6 is 0 Å². The highest BCUT2D eigenvalue weighted by molar-refractivity contribution is 5.92. The quantitative estimate of drug-likeness (QED) is 0.728. The molecule has 1 aromatic heterocycles. The number of benzene rings is 1. The third-order valence-electron chi connectivity index (χ3n) is 3.55. The first-order valence-corrected chi connectivity index (χ1v) is 8.21. The Hall–Kier alpha value is -2.50. The maximum absolute atomic E-state index is 13.6. The van der Waals surface area contributed by atoms with Crippen LogP contribution in [-0.4, -0.2) is 22.4 Å². The van der Waals surface area contributed by atoms with Crippen molar-refractivity contribution in [2.75, 3.05) is 11.9 Å². The van der Waals surface area contributed by atoms with Gasteiger partial charge in [0, 0.05) is 24.7 Å². The van der Waals surface area contributed by atoms with Gasteiger partial charge in [0.05, 0.1) is 0 Å². The largest absolute Gasteiger partial charge is 0.370 e. The van der Waals surface area contributed by atoms with Gasteiger partial charge in [0.15, 0.2) is 0 Å². The molecule has 0 aliphatic heterocycles. The van der Waals surface area contributed by atoms with Crippen LogP contribution in [0.25, 0.3) is 0 Å². The van der Waals surface area contributed by atoms with Crippen LogP contribution in [0.5, 0.6) is 0 Å². The minimum atomic E-state index is -0.347. The van der Waals surface area contributed by atoms with Crippen molar-refractivity contribution in [2.24, 2.45) is 0 Å². The molecule has 0 bridgehead atoms. The normalized spacial score (nSPS) is 10.5. The molecule has 0 saturated carbocycles. The highest BCUT2D eigenvalue weighted by Gasteiger charge is 2.11. The summed E-state index contributed by atoms with van der Waals surface area (Å²) in [6, 6.07) is 7.98. The van der Waals surface area contributed by atoms with Crippen molar-refractivity contribution >= 4 is 11.7 Å². The number of carbonyl (C=O) groups is 1. The molecule has 1 amide bonds. The number of anilines is 1. The molecule has 2 aromatic rings. The smallest absolute Gasteiger partial charge is 0.270 e. The second kappa shape index (κ2) is 8.96. The lowest BCUT2D eigenvalue weighted by molar-refractivity contribution is 0.0945. The van der Waals surface area contributed by atoms with Gasteiger partial charge in [-0.25, -0.2) is 14.4 Å². The monoisotopic (exact) mass is 330 g/mol. The van der Waals surface area contributed by atoms with Gasteiger partial charge in [0.25, 0.3) is 5.91 Å². The lowest BCUT2D eigenvalue weighted by Crippen LogP contribution is -2.25. The van der Waals surface area contributed by atoms with Crippen molar-refractivity contribution in [1.29, 1.82) is 0 Å². The molecule has 128 valence electrons. The fourth-order valence-electron chi connectivity index (χ4n) is 2.27. The number of nitrogens with zero attached hydrogens (tertiary/aromatic N) is 2. The molecule has 5 nitrogen and oxygen atoms in total. The first-order valence-electron chi connectivity index (χ1n) is 8.21. The van der Waals surface area contributed by atoms with Crippen molar-refractivity contribution < 1.29 is 9.18 Å². The highest BCUT2D eigenvalue weighted by Crippen LogP contribution is 2.09. The Morgan fingerprint density at radius 1 is 1.21 bits per heavy atom. The average molecular weight is 330 g/mol. The molecule has 2 N–H and O–H groups in total. The number of hydrogen-bond donors (Lipinski definition) is 2. The maximum atomic E-state index is 13.6. The lowest BCUT2D eigenvalue weighted by atomic mass is 10.2. The number of unbranched alkanes of at least 4 members (excludes halogenated alkanes) is 2. The summed E-state index contributed by atoms with van der Waals surface area (Å²) in [5, 5.41) is 5.90. The first-order chi connectivity index (χ1) is 11.6. The molecule has 1 heterocycles. The molecular formula is C18H23FN4O. The third kappa shape index (κ3) is 5.30. The van der Waals surface area contributed by atoms with Crippen LogP contribution in [-0.2, 0) is 6.54 Å². The van der Waals surface area contributed by atoms with Gasteiger partial charge in [-0.3, -0.25) is 4.79 Å². The van der Waals surface area contributed by atoms with Gasteiger partial charge >= 0.3 is 0 Å². The Morgan fingerprint density at radius 2 is 2.00 bits per heavy atom. The third-order valence-corrected chi connectivity index (χ3v) is 3.55. The fraction of sp³-hybridized carbons (Fsp3) is 0.389. The van der Waals surface area contributed by atoms with E-state index >= 15 is 0 Å². The molecule has 1 aromatic carbocycles. The lowest BCUT2D eigenvalue weighted by Gasteiger charge is -2.09. The molecule has 0 fully saturated rings. The van der Waals surface area contributed by atoms with Crippen LogP contribution < -0.4 is 10.6 Å². The second-order valence-electron chi connectivity index (χ2n) is 5.59. The predicted octanol–water partition coefficient (Wildman–Crippen LogP) is 3.46. The Bertz CT molecular complexity index is 690. The van der Waals surface area contributed by atoms with E-state index in [-0.39, 0.29) is 24.0 Å². The second-order valence-corrected chi connectivity index (χ2v) is 5.59. The zero-order valence-electron chi connectivity index (χ0n) is 14.1. The molecule has 6 heteroatoms. The van der Waals surface area contributed by atoms with Crippen molar-refractivity contribution in [3.8, 4) is 0 Å². The number of hydrogen-bond acceptors (Lipinski definition) is 4. The summed E-state index contributed by atoms with van der Waals surface area (Å²) in [6.45, 7) is 4.81. The van der Waals surface area contributed by atoms with Crippen LogP contribution in [0.2, 0.25) is 0 Å². The van der Waals surface area contributed by atoms with E-state index in [4.69, 9.17) is 0 Å². The van der Waals surface area contributed by atoms with E-state index in [1.165, 1.54) is 6.07 Å². The molecule has 2 rings (SSSR count). The molecule has 0 radical (unpaired) electrons. The van der Waals surface area contributed by atoms with E-state index in [1.807, 2.05) is 0 Å². The van der Waals surface area contributed by atoms with Crippen molar-refractivity contribution in [2.45, 2.75) is 39.7 Å².